The van der Waals surface area contributed by atoms with Crippen molar-refractivity contribution >= 4 is 0 Å². The minimum absolute atomic E-state index is 0.298. The molecule has 0 saturated carbocycles. The molecule has 0 unspecified atom stereocenters. The van der Waals surface area contributed by atoms with Crippen LogP contribution in [-0.4, -0.2) is 60.8 Å². The lowest BCUT2D eigenvalue weighted by Crippen LogP contribution is -2.45. The summed E-state index contributed by atoms with van der Waals surface area (Å²) in [5, 5.41) is 8.99. The summed E-state index contributed by atoms with van der Waals surface area (Å²) in [6, 6.07) is 0.707. The van der Waals surface area contributed by atoms with E-state index in [4.69, 9.17) is 5.11 Å². The van der Waals surface area contributed by atoms with Crippen molar-refractivity contribution in [2.24, 2.45) is 0 Å². The number of rotatable bonds is 5. The fraction of sp³-hybridized carbons (Fsp3) is 1.00. The van der Waals surface area contributed by atoms with Gasteiger partial charge in [-0.25, -0.2) is 0 Å². The fourth-order valence-electron chi connectivity index (χ4n) is 2.25. The molecule has 1 saturated heterocycles. The first-order valence-corrected chi connectivity index (χ1v) is 5.81. The van der Waals surface area contributed by atoms with Gasteiger partial charge in [0.2, 0.25) is 0 Å². The summed E-state index contributed by atoms with van der Waals surface area (Å²) in [4.78, 5) is 4.84. The molecule has 3 nitrogen and oxygen atoms in total. The summed E-state index contributed by atoms with van der Waals surface area (Å²) in [6.45, 7) is 6.90. The monoisotopic (exact) mass is 200 g/mol. The SMILES string of the molecule is CCCN(CCO)C1CCN(C)CC1. The Morgan fingerprint density at radius 2 is 1.93 bits per heavy atom. The van der Waals surface area contributed by atoms with Gasteiger partial charge in [-0.05, 0) is 45.9 Å². The van der Waals surface area contributed by atoms with Crippen LogP contribution in [-0.2, 0) is 0 Å². The molecule has 0 atom stereocenters. The van der Waals surface area contributed by atoms with Gasteiger partial charge in [0, 0.05) is 12.6 Å². The van der Waals surface area contributed by atoms with Crippen LogP contribution in [0.5, 0.6) is 0 Å². The highest BCUT2D eigenvalue weighted by Crippen LogP contribution is 2.15. The quantitative estimate of drug-likeness (QED) is 0.710. The lowest BCUT2D eigenvalue weighted by molar-refractivity contribution is 0.100. The van der Waals surface area contributed by atoms with Crippen molar-refractivity contribution in [3.63, 3.8) is 0 Å². The molecule has 0 aromatic carbocycles. The Labute approximate surface area is 87.7 Å². The van der Waals surface area contributed by atoms with Gasteiger partial charge in [-0.2, -0.15) is 0 Å². The molecule has 0 spiro atoms. The molecular weight excluding hydrogens is 176 g/mol. The average Bonchev–Trinajstić information content (AvgIpc) is 2.19. The molecule has 0 bridgehead atoms. The molecule has 0 aromatic heterocycles. The highest BCUT2D eigenvalue weighted by molar-refractivity contribution is 4.78. The minimum atomic E-state index is 0.298. The number of nitrogens with zero attached hydrogens (tertiary/aromatic N) is 2. The number of hydrogen-bond donors (Lipinski definition) is 1. The molecule has 1 N–H and O–H groups in total. The zero-order chi connectivity index (χ0) is 10.4. The van der Waals surface area contributed by atoms with E-state index in [9.17, 15) is 0 Å². The fourth-order valence-corrected chi connectivity index (χ4v) is 2.25. The van der Waals surface area contributed by atoms with E-state index in [1.54, 1.807) is 0 Å². The topological polar surface area (TPSA) is 26.7 Å². The number of hydrogen-bond acceptors (Lipinski definition) is 3. The van der Waals surface area contributed by atoms with Crippen LogP contribution in [0.25, 0.3) is 0 Å². The van der Waals surface area contributed by atoms with E-state index in [2.05, 4.69) is 23.8 Å². The first-order chi connectivity index (χ1) is 6.77. The van der Waals surface area contributed by atoms with Crippen LogP contribution < -0.4 is 0 Å². The maximum Gasteiger partial charge on any atom is 0.0558 e. The molecule has 84 valence electrons. The second-order valence-corrected chi connectivity index (χ2v) is 4.29. The predicted octanol–water partition coefficient (Wildman–Crippen LogP) is 0.785. The van der Waals surface area contributed by atoms with Gasteiger partial charge < -0.3 is 10.0 Å². The van der Waals surface area contributed by atoms with Crippen molar-refractivity contribution in [2.75, 3.05) is 39.8 Å². The largest absolute Gasteiger partial charge is 0.395 e. The van der Waals surface area contributed by atoms with Crippen LogP contribution in [0, 0.1) is 0 Å². The van der Waals surface area contributed by atoms with E-state index in [0.717, 1.165) is 13.1 Å². The first kappa shape index (κ1) is 12.0. The van der Waals surface area contributed by atoms with Crippen LogP contribution in [0.3, 0.4) is 0 Å². The Balaban J connectivity index is 2.34. The van der Waals surface area contributed by atoms with Gasteiger partial charge in [-0.1, -0.05) is 6.92 Å². The van der Waals surface area contributed by atoms with Gasteiger partial charge in [0.1, 0.15) is 0 Å². The lowest BCUT2D eigenvalue weighted by Gasteiger charge is -2.36. The number of aliphatic hydroxyl groups excluding tert-OH is 1. The number of likely N-dealkylation sites (tertiary alicyclic amines) is 1. The van der Waals surface area contributed by atoms with Gasteiger partial charge in [0.25, 0.3) is 0 Å². The molecule has 0 aliphatic carbocycles. The standard InChI is InChI=1S/C11H24N2O/c1-3-6-13(9-10-14)11-4-7-12(2)8-5-11/h11,14H,3-10H2,1-2H3. The normalized spacial score (nSPS) is 20.6. The molecule has 1 aliphatic rings. The summed E-state index contributed by atoms with van der Waals surface area (Å²) in [5.41, 5.74) is 0. The van der Waals surface area contributed by atoms with Crippen molar-refractivity contribution in [1.82, 2.24) is 9.80 Å². The van der Waals surface area contributed by atoms with E-state index in [1.807, 2.05) is 0 Å². The van der Waals surface area contributed by atoms with Crippen LogP contribution in [0.2, 0.25) is 0 Å². The molecule has 14 heavy (non-hydrogen) atoms. The maximum atomic E-state index is 8.99. The van der Waals surface area contributed by atoms with Crippen molar-refractivity contribution < 1.29 is 5.11 Å². The second kappa shape index (κ2) is 6.38. The third kappa shape index (κ3) is 3.56. The summed E-state index contributed by atoms with van der Waals surface area (Å²) >= 11 is 0. The third-order valence-electron chi connectivity index (χ3n) is 3.10. The van der Waals surface area contributed by atoms with Crippen LogP contribution >= 0.6 is 0 Å². The van der Waals surface area contributed by atoms with Crippen molar-refractivity contribution in [3.05, 3.63) is 0 Å². The Hall–Kier alpha value is -0.120. The molecule has 0 amide bonds. The molecule has 0 radical (unpaired) electrons. The molecule has 1 fully saturated rings. The maximum absolute atomic E-state index is 8.99. The van der Waals surface area contributed by atoms with Crippen LogP contribution in [0.1, 0.15) is 26.2 Å². The predicted molar refractivity (Wildman–Crippen MR) is 59.5 cm³/mol. The molecular formula is C11H24N2O. The number of aliphatic hydroxyl groups is 1. The van der Waals surface area contributed by atoms with Gasteiger partial charge in [0.15, 0.2) is 0 Å². The number of piperidine rings is 1. The van der Waals surface area contributed by atoms with Crippen molar-refractivity contribution in [3.8, 4) is 0 Å². The summed E-state index contributed by atoms with van der Waals surface area (Å²) in [7, 11) is 2.19. The van der Waals surface area contributed by atoms with Gasteiger partial charge in [-0.3, -0.25) is 4.90 Å². The zero-order valence-corrected chi connectivity index (χ0v) is 9.58. The lowest BCUT2D eigenvalue weighted by atomic mass is 10.0. The molecule has 1 heterocycles. The smallest absolute Gasteiger partial charge is 0.0558 e. The van der Waals surface area contributed by atoms with E-state index in [1.165, 1.54) is 32.4 Å². The van der Waals surface area contributed by atoms with Gasteiger partial charge in [0.05, 0.1) is 6.61 Å². The summed E-state index contributed by atoms with van der Waals surface area (Å²) < 4.78 is 0. The highest BCUT2D eigenvalue weighted by Gasteiger charge is 2.21. The Kier molecular flexibility index (Phi) is 5.45. The van der Waals surface area contributed by atoms with Crippen molar-refractivity contribution in [1.29, 1.82) is 0 Å². The Morgan fingerprint density at radius 1 is 1.29 bits per heavy atom. The third-order valence-corrected chi connectivity index (χ3v) is 3.10. The molecule has 1 aliphatic heterocycles. The van der Waals surface area contributed by atoms with Crippen molar-refractivity contribution in [2.45, 2.75) is 32.2 Å². The Bertz CT molecular complexity index is 138. The van der Waals surface area contributed by atoms with Crippen LogP contribution in [0.4, 0.5) is 0 Å². The van der Waals surface area contributed by atoms with E-state index in [0.29, 0.717) is 12.6 Å². The average molecular weight is 200 g/mol. The van der Waals surface area contributed by atoms with Crippen LogP contribution in [0.15, 0.2) is 0 Å². The molecule has 3 heteroatoms. The van der Waals surface area contributed by atoms with Gasteiger partial charge >= 0.3 is 0 Å². The van der Waals surface area contributed by atoms with E-state index < -0.39 is 0 Å². The Morgan fingerprint density at radius 3 is 2.43 bits per heavy atom. The van der Waals surface area contributed by atoms with Gasteiger partial charge in [-0.15, -0.1) is 0 Å². The first-order valence-electron chi connectivity index (χ1n) is 5.81. The summed E-state index contributed by atoms with van der Waals surface area (Å²) in [5.74, 6) is 0. The minimum Gasteiger partial charge on any atom is -0.395 e. The van der Waals surface area contributed by atoms with E-state index >= 15 is 0 Å². The molecule has 1 rings (SSSR count). The molecule has 0 aromatic rings. The second-order valence-electron chi connectivity index (χ2n) is 4.29. The van der Waals surface area contributed by atoms with E-state index in [-0.39, 0.29) is 0 Å². The zero-order valence-electron chi connectivity index (χ0n) is 9.58. The highest BCUT2D eigenvalue weighted by atomic mass is 16.3. The summed E-state index contributed by atoms with van der Waals surface area (Å²) in [6.07, 6.45) is 3.71.